The van der Waals surface area contributed by atoms with Crippen LogP contribution in [0.2, 0.25) is 0 Å². The fraction of sp³-hybridized carbons (Fsp3) is 0.154. The molecule has 0 fully saturated rings. The summed E-state index contributed by atoms with van der Waals surface area (Å²) in [7, 11) is -3.76. The van der Waals surface area contributed by atoms with Crippen LogP contribution in [0.15, 0.2) is 28.5 Å². The molecule has 5 nitrogen and oxygen atoms in total. The zero-order valence-corrected chi connectivity index (χ0v) is 12.6. The highest BCUT2D eigenvalue weighted by atomic mass is 32.2. The first-order chi connectivity index (χ1) is 9.35. The summed E-state index contributed by atoms with van der Waals surface area (Å²) in [6.45, 7) is 3.53. The number of rotatable bonds is 3. The van der Waals surface area contributed by atoms with Crippen LogP contribution in [0.4, 0.5) is 10.7 Å². The van der Waals surface area contributed by atoms with E-state index in [9.17, 15) is 8.42 Å². The van der Waals surface area contributed by atoms with Gasteiger partial charge in [-0.05, 0) is 48.6 Å². The highest BCUT2D eigenvalue weighted by Gasteiger charge is 2.20. The van der Waals surface area contributed by atoms with Gasteiger partial charge >= 0.3 is 0 Å². The summed E-state index contributed by atoms with van der Waals surface area (Å²) in [4.78, 5) is 0.132. The van der Waals surface area contributed by atoms with Crippen molar-refractivity contribution in [3.63, 3.8) is 0 Å². The van der Waals surface area contributed by atoms with Crippen molar-refractivity contribution >= 4 is 32.0 Å². The summed E-state index contributed by atoms with van der Waals surface area (Å²) < 4.78 is 27.3. The smallest absolute Gasteiger partial charge is 0.262 e. The number of nitrogen functional groups attached to an aromatic ring is 1. The third-order valence-corrected chi connectivity index (χ3v) is 5.38. The molecule has 0 atom stereocenters. The summed E-state index contributed by atoms with van der Waals surface area (Å²) in [6.07, 6.45) is 0. The van der Waals surface area contributed by atoms with Crippen molar-refractivity contribution in [3.05, 3.63) is 40.3 Å². The Morgan fingerprint density at radius 3 is 2.70 bits per heavy atom. The minimum Gasteiger partial charge on any atom is -0.399 e. The van der Waals surface area contributed by atoms with Crippen LogP contribution in [0.3, 0.4) is 0 Å². The lowest BCUT2D eigenvalue weighted by atomic mass is 10.1. The Bertz CT molecular complexity index is 802. The Morgan fingerprint density at radius 1 is 1.35 bits per heavy atom. The molecule has 1 aromatic carbocycles. The Kier molecular flexibility index (Phi) is 3.70. The van der Waals surface area contributed by atoms with Crippen molar-refractivity contribution in [3.8, 4) is 6.07 Å². The second kappa shape index (κ2) is 5.15. The first kappa shape index (κ1) is 14.4. The average Bonchev–Trinajstić information content (AvgIpc) is 2.80. The minimum absolute atomic E-state index is 0.132. The van der Waals surface area contributed by atoms with Crippen LogP contribution in [0.25, 0.3) is 0 Å². The van der Waals surface area contributed by atoms with Gasteiger partial charge in [-0.2, -0.15) is 5.26 Å². The molecule has 2 rings (SSSR count). The minimum atomic E-state index is -3.76. The van der Waals surface area contributed by atoms with Gasteiger partial charge in [0, 0.05) is 5.69 Å². The molecular formula is C13H13N3O2S2. The van der Waals surface area contributed by atoms with Crippen LogP contribution >= 0.6 is 11.3 Å². The molecule has 0 spiro atoms. The summed E-state index contributed by atoms with van der Waals surface area (Å²) in [5, 5.41) is 10.9. The Balaban J connectivity index is 2.50. The van der Waals surface area contributed by atoms with Gasteiger partial charge in [-0.15, -0.1) is 11.3 Å². The Hall–Kier alpha value is -2.04. The molecule has 0 aliphatic rings. The van der Waals surface area contributed by atoms with E-state index in [-0.39, 0.29) is 4.90 Å². The second-order valence-corrected chi connectivity index (χ2v) is 6.91. The first-order valence-corrected chi connectivity index (χ1v) is 8.08. The fourth-order valence-corrected chi connectivity index (χ4v) is 4.21. The van der Waals surface area contributed by atoms with Crippen LogP contribution in [-0.4, -0.2) is 8.42 Å². The third-order valence-electron chi connectivity index (χ3n) is 2.94. The molecule has 0 radical (unpaired) electrons. The van der Waals surface area contributed by atoms with Crippen LogP contribution in [0.5, 0.6) is 0 Å². The predicted octanol–water partition coefficient (Wildman–Crippen LogP) is 2.62. The highest BCUT2D eigenvalue weighted by Crippen LogP contribution is 2.28. The summed E-state index contributed by atoms with van der Waals surface area (Å²) in [5.74, 6) is 0. The zero-order valence-electron chi connectivity index (χ0n) is 11.0. The predicted molar refractivity (Wildman–Crippen MR) is 80.2 cm³/mol. The number of nitrogens with zero attached hydrogens (tertiary/aromatic N) is 1. The number of nitrogens with one attached hydrogen (secondary N) is 1. The summed E-state index contributed by atoms with van der Waals surface area (Å²) >= 11 is 1.17. The van der Waals surface area contributed by atoms with Gasteiger partial charge in [-0.3, -0.25) is 4.72 Å². The molecule has 0 saturated heterocycles. The van der Waals surface area contributed by atoms with Gasteiger partial charge < -0.3 is 5.73 Å². The molecule has 104 valence electrons. The summed E-state index contributed by atoms with van der Waals surface area (Å²) in [5.41, 5.74) is 7.85. The SMILES string of the molecule is Cc1cc(N)cc(S(=O)(=O)Nc2sccc2C#N)c1C. The molecule has 0 unspecified atom stereocenters. The fourth-order valence-electron chi connectivity index (χ4n) is 1.79. The van der Waals surface area contributed by atoms with Gasteiger partial charge in [0.1, 0.15) is 11.1 Å². The van der Waals surface area contributed by atoms with E-state index in [1.54, 1.807) is 31.4 Å². The number of aryl methyl sites for hydroxylation is 1. The van der Waals surface area contributed by atoms with E-state index < -0.39 is 10.0 Å². The monoisotopic (exact) mass is 307 g/mol. The van der Waals surface area contributed by atoms with Gasteiger partial charge in [-0.25, -0.2) is 8.42 Å². The van der Waals surface area contributed by atoms with E-state index in [1.807, 2.05) is 6.07 Å². The molecule has 0 aliphatic heterocycles. The first-order valence-electron chi connectivity index (χ1n) is 5.72. The molecule has 1 aromatic heterocycles. The van der Waals surface area contributed by atoms with Crippen molar-refractivity contribution in [1.29, 1.82) is 5.26 Å². The molecule has 2 aromatic rings. The Labute approximate surface area is 121 Å². The normalized spacial score (nSPS) is 11.1. The molecule has 0 amide bonds. The lowest BCUT2D eigenvalue weighted by Gasteiger charge is -2.12. The molecule has 7 heteroatoms. The topological polar surface area (TPSA) is 96.0 Å². The third kappa shape index (κ3) is 2.61. The number of nitrogens with two attached hydrogens (primary N) is 1. The van der Waals surface area contributed by atoms with Crippen LogP contribution in [-0.2, 0) is 10.0 Å². The van der Waals surface area contributed by atoms with Gasteiger partial charge in [0.25, 0.3) is 10.0 Å². The molecule has 20 heavy (non-hydrogen) atoms. The van der Waals surface area contributed by atoms with Crippen molar-refractivity contribution in [2.24, 2.45) is 0 Å². The summed E-state index contributed by atoms with van der Waals surface area (Å²) in [6, 6.07) is 6.66. The number of nitriles is 1. The standard InChI is InChI=1S/C13H13N3O2S2/c1-8-5-11(15)6-12(9(8)2)20(17,18)16-13-10(7-14)3-4-19-13/h3-6,16H,15H2,1-2H3. The molecule has 0 bridgehead atoms. The molecule has 0 aliphatic carbocycles. The maximum atomic E-state index is 12.4. The lowest BCUT2D eigenvalue weighted by molar-refractivity contribution is 0.600. The van der Waals surface area contributed by atoms with Crippen molar-refractivity contribution < 1.29 is 8.42 Å². The number of benzene rings is 1. The van der Waals surface area contributed by atoms with E-state index in [0.29, 0.717) is 21.8 Å². The van der Waals surface area contributed by atoms with E-state index in [4.69, 9.17) is 11.0 Å². The molecule has 3 N–H and O–H groups in total. The number of sulfonamides is 1. The molecule has 0 saturated carbocycles. The second-order valence-electron chi connectivity index (χ2n) is 4.34. The van der Waals surface area contributed by atoms with Gasteiger partial charge in [0.05, 0.1) is 10.5 Å². The van der Waals surface area contributed by atoms with Crippen molar-refractivity contribution in [1.82, 2.24) is 0 Å². The maximum absolute atomic E-state index is 12.4. The quantitative estimate of drug-likeness (QED) is 0.852. The molecular weight excluding hydrogens is 294 g/mol. The number of hydrogen-bond acceptors (Lipinski definition) is 5. The van der Waals surface area contributed by atoms with E-state index in [2.05, 4.69) is 4.72 Å². The van der Waals surface area contributed by atoms with Crippen LogP contribution in [0.1, 0.15) is 16.7 Å². The zero-order chi connectivity index (χ0) is 14.9. The Morgan fingerprint density at radius 2 is 2.05 bits per heavy atom. The van der Waals surface area contributed by atoms with Gasteiger partial charge in [-0.1, -0.05) is 0 Å². The number of anilines is 2. The van der Waals surface area contributed by atoms with Crippen LogP contribution < -0.4 is 10.5 Å². The highest BCUT2D eigenvalue weighted by molar-refractivity contribution is 7.93. The van der Waals surface area contributed by atoms with Gasteiger partial charge in [0.2, 0.25) is 0 Å². The lowest BCUT2D eigenvalue weighted by Crippen LogP contribution is -2.15. The van der Waals surface area contributed by atoms with Crippen molar-refractivity contribution in [2.75, 3.05) is 10.5 Å². The van der Waals surface area contributed by atoms with E-state index >= 15 is 0 Å². The maximum Gasteiger partial charge on any atom is 0.262 e. The average molecular weight is 307 g/mol. The number of hydrogen-bond donors (Lipinski definition) is 2. The van der Waals surface area contributed by atoms with Gasteiger partial charge in [0.15, 0.2) is 0 Å². The van der Waals surface area contributed by atoms with E-state index in [0.717, 1.165) is 5.56 Å². The molecule has 1 heterocycles. The number of thiophene rings is 1. The van der Waals surface area contributed by atoms with Crippen molar-refractivity contribution in [2.45, 2.75) is 18.7 Å². The largest absolute Gasteiger partial charge is 0.399 e. The van der Waals surface area contributed by atoms with Crippen LogP contribution in [0, 0.1) is 25.2 Å². The van der Waals surface area contributed by atoms with E-state index in [1.165, 1.54) is 17.4 Å².